The highest BCUT2D eigenvalue weighted by atomic mass is 79.9. The summed E-state index contributed by atoms with van der Waals surface area (Å²) in [5.41, 5.74) is 4.31. The molecule has 5 aromatic carbocycles. The number of H-pyrrole nitrogens is 1. The van der Waals surface area contributed by atoms with Crippen molar-refractivity contribution in [2.24, 2.45) is 0 Å². The van der Waals surface area contributed by atoms with E-state index in [-0.39, 0.29) is 34.1 Å². The third-order valence-corrected chi connectivity index (χ3v) is 10.6. The van der Waals surface area contributed by atoms with Crippen molar-refractivity contribution in [1.82, 2.24) is 10.2 Å². The van der Waals surface area contributed by atoms with Crippen LogP contribution in [0, 0.1) is 6.92 Å². The maximum absolute atomic E-state index is 14.0. The van der Waals surface area contributed by atoms with Crippen LogP contribution in [0.15, 0.2) is 144 Å². The third kappa shape index (κ3) is 10.4. The minimum absolute atomic E-state index is 0.0129. The number of rotatable bonds is 14. The van der Waals surface area contributed by atoms with Gasteiger partial charge in [-0.15, -0.1) is 5.10 Å². The molecule has 12 nitrogen and oxygen atoms in total. The second-order valence-corrected chi connectivity index (χ2v) is 15.6. The fourth-order valence-corrected chi connectivity index (χ4v) is 7.36. The van der Waals surface area contributed by atoms with Gasteiger partial charge in [-0.2, -0.15) is 0 Å². The first-order valence-electron chi connectivity index (χ1n) is 19.7. The van der Waals surface area contributed by atoms with Gasteiger partial charge in [-0.1, -0.05) is 109 Å². The Kier molecular flexibility index (Phi) is 13.7. The number of ether oxygens (including phenoxy) is 6. The number of nitrogens with zero attached hydrogens (tertiary/aromatic N) is 1. The number of aryl methyl sites for hydroxylation is 1. The summed E-state index contributed by atoms with van der Waals surface area (Å²) < 4.78 is 38.6. The van der Waals surface area contributed by atoms with Gasteiger partial charge < -0.3 is 28.4 Å². The van der Waals surface area contributed by atoms with Crippen molar-refractivity contribution in [3.8, 4) is 5.88 Å². The summed E-state index contributed by atoms with van der Waals surface area (Å²) in [6.07, 6.45) is -7.20. The number of aromatic amines is 1. The van der Waals surface area contributed by atoms with E-state index in [0.29, 0.717) is 12.0 Å². The number of esters is 4. The summed E-state index contributed by atoms with van der Waals surface area (Å²) in [6, 6.07) is 38.8. The lowest BCUT2D eigenvalue weighted by atomic mass is 9.96. The van der Waals surface area contributed by atoms with Crippen LogP contribution in [-0.2, 0) is 30.1 Å². The summed E-state index contributed by atoms with van der Waals surface area (Å²) in [4.78, 5) is 55.3. The second-order valence-electron chi connectivity index (χ2n) is 14.7. The second kappa shape index (κ2) is 19.7. The van der Waals surface area contributed by atoms with Gasteiger partial charge in [0.15, 0.2) is 12.2 Å². The van der Waals surface area contributed by atoms with Crippen LogP contribution < -0.4 is 4.74 Å². The van der Waals surface area contributed by atoms with E-state index < -0.39 is 61.2 Å². The predicted molar refractivity (Wildman–Crippen MR) is 227 cm³/mol. The molecule has 1 fully saturated rings. The molecule has 0 radical (unpaired) electrons. The lowest BCUT2D eigenvalue weighted by Crippen LogP contribution is -2.64. The normalized spacial score (nSPS) is 18.5. The molecule has 0 spiro atoms. The van der Waals surface area contributed by atoms with Crippen molar-refractivity contribution in [3.63, 3.8) is 0 Å². The zero-order valence-electron chi connectivity index (χ0n) is 33.6. The first kappa shape index (κ1) is 42.6. The molecule has 312 valence electrons. The molecule has 1 aromatic heterocycles. The Labute approximate surface area is 361 Å². The highest BCUT2D eigenvalue weighted by Crippen LogP contribution is 2.35. The number of benzene rings is 5. The van der Waals surface area contributed by atoms with Crippen molar-refractivity contribution in [3.05, 3.63) is 189 Å². The third-order valence-electron chi connectivity index (χ3n) is 10.1. The molecule has 0 aliphatic carbocycles. The van der Waals surface area contributed by atoms with Gasteiger partial charge in [-0.25, -0.2) is 19.2 Å². The quantitative estimate of drug-likeness (QED) is 0.0825. The molecule has 13 heteroatoms. The molecule has 0 saturated carbocycles. The number of aromatic nitrogens is 2. The molecule has 2 heterocycles. The molecule has 6 aromatic rings. The zero-order valence-corrected chi connectivity index (χ0v) is 35.2. The summed E-state index contributed by atoms with van der Waals surface area (Å²) in [5, 5.41) is 7.68. The van der Waals surface area contributed by atoms with Crippen LogP contribution in [0.3, 0.4) is 0 Å². The van der Waals surface area contributed by atoms with Gasteiger partial charge in [0.2, 0.25) is 18.3 Å². The van der Waals surface area contributed by atoms with Crippen molar-refractivity contribution in [1.29, 1.82) is 0 Å². The Balaban J connectivity index is 1.33. The zero-order chi connectivity index (χ0) is 42.9. The topological polar surface area (TPSA) is 152 Å². The van der Waals surface area contributed by atoms with E-state index in [1.807, 2.05) is 39.0 Å². The summed E-state index contributed by atoms with van der Waals surface area (Å²) in [6.45, 7) is 5.53. The standard InChI is InChI=1S/C48H43BrN2O10/c1-29(2)39-37(27-35-24-25-36(49)26-30(35)3)43(51-50-39)61-48-42(60-47(55)34-22-14-7-15-23-34)41(59-46(54)33-20-12-6-13-21-33)40(58-45(53)32-18-10-5-11-19-32)38(57-48)28-56-44(52)31-16-8-4-9-17-31/h4-26,29,38,40-42,48H,27-28H2,1-3H3,(H,50,51)/t38-,40-,41+,42-,48+/m1/s1. The number of hydrogen-bond donors (Lipinski definition) is 1. The molecule has 7 rings (SSSR count). The minimum Gasteiger partial charge on any atom is -0.459 e. The van der Waals surface area contributed by atoms with Crippen LogP contribution in [0.4, 0.5) is 0 Å². The molecule has 5 atom stereocenters. The number of hydrogen-bond acceptors (Lipinski definition) is 11. The molecular formula is C48H43BrN2O10. The molecule has 1 N–H and O–H groups in total. The summed E-state index contributed by atoms with van der Waals surface area (Å²) in [7, 11) is 0. The fraction of sp³-hybridized carbons (Fsp3) is 0.229. The van der Waals surface area contributed by atoms with Gasteiger partial charge in [0.05, 0.1) is 22.3 Å². The molecule has 0 amide bonds. The van der Waals surface area contributed by atoms with E-state index >= 15 is 0 Å². The largest absolute Gasteiger partial charge is 0.459 e. The van der Waals surface area contributed by atoms with Gasteiger partial charge in [0, 0.05) is 22.2 Å². The number of halogens is 1. The Morgan fingerprint density at radius 2 is 1.13 bits per heavy atom. The molecule has 61 heavy (non-hydrogen) atoms. The summed E-state index contributed by atoms with van der Waals surface area (Å²) in [5.74, 6) is -3.00. The summed E-state index contributed by atoms with van der Waals surface area (Å²) >= 11 is 3.55. The van der Waals surface area contributed by atoms with Crippen LogP contribution in [-0.4, -0.2) is 71.4 Å². The molecular weight excluding hydrogens is 844 g/mol. The van der Waals surface area contributed by atoms with Gasteiger partial charge in [0.1, 0.15) is 12.7 Å². The molecule has 1 saturated heterocycles. The fourth-order valence-electron chi connectivity index (χ4n) is 6.89. The molecule has 1 aliphatic rings. The predicted octanol–water partition coefficient (Wildman–Crippen LogP) is 8.83. The number of carbonyl (C=O) groups is 4. The van der Waals surface area contributed by atoms with Gasteiger partial charge >= 0.3 is 23.9 Å². The minimum atomic E-state index is -1.59. The maximum Gasteiger partial charge on any atom is 0.338 e. The van der Waals surface area contributed by atoms with Crippen molar-refractivity contribution in [2.45, 2.75) is 63.8 Å². The lowest BCUT2D eigenvalue weighted by molar-refractivity contribution is -0.276. The molecule has 1 aliphatic heterocycles. The van der Waals surface area contributed by atoms with Crippen molar-refractivity contribution >= 4 is 39.8 Å². The van der Waals surface area contributed by atoms with Crippen LogP contribution in [0.25, 0.3) is 0 Å². The first-order chi connectivity index (χ1) is 29.5. The van der Waals surface area contributed by atoms with Gasteiger partial charge in [-0.3, -0.25) is 5.10 Å². The van der Waals surface area contributed by atoms with E-state index in [0.717, 1.165) is 21.3 Å². The van der Waals surface area contributed by atoms with Gasteiger partial charge in [0.25, 0.3) is 0 Å². The van der Waals surface area contributed by atoms with Crippen LogP contribution >= 0.6 is 15.9 Å². The Bertz CT molecular complexity index is 2440. The smallest absolute Gasteiger partial charge is 0.338 e. The lowest BCUT2D eigenvalue weighted by Gasteiger charge is -2.44. The average Bonchev–Trinajstić information content (AvgIpc) is 3.68. The van der Waals surface area contributed by atoms with Gasteiger partial charge in [-0.05, 0) is 84.6 Å². The highest BCUT2D eigenvalue weighted by Gasteiger charge is 2.54. The maximum atomic E-state index is 14.0. The van der Waals surface area contributed by atoms with E-state index in [4.69, 9.17) is 28.4 Å². The Hall–Kier alpha value is -6.57. The Morgan fingerprint density at radius 3 is 1.62 bits per heavy atom. The van der Waals surface area contributed by atoms with E-state index in [9.17, 15) is 19.2 Å². The van der Waals surface area contributed by atoms with E-state index in [1.165, 1.54) is 0 Å². The van der Waals surface area contributed by atoms with Crippen LogP contribution in [0.1, 0.15) is 83.6 Å². The number of nitrogens with one attached hydrogen (secondary N) is 1. The number of carbonyl (C=O) groups excluding carboxylic acids is 4. The van der Waals surface area contributed by atoms with Crippen molar-refractivity contribution < 1.29 is 47.6 Å². The van der Waals surface area contributed by atoms with Crippen LogP contribution in [0.2, 0.25) is 0 Å². The average molecular weight is 888 g/mol. The molecule has 0 bridgehead atoms. The molecule has 0 unspecified atom stereocenters. The SMILES string of the molecule is Cc1cc(Br)ccc1Cc1c(O[C@@H]2O[C@H](COC(=O)c3ccccc3)[C@@H](OC(=O)c3ccccc3)[C@H](OC(=O)c3ccccc3)[C@H]2OC(=O)c2ccccc2)n[nH]c1C(C)C. The monoisotopic (exact) mass is 886 g/mol. The Morgan fingerprint density at radius 1 is 0.656 bits per heavy atom. The van der Waals surface area contributed by atoms with E-state index in [2.05, 4.69) is 26.1 Å². The first-order valence-corrected chi connectivity index (χ1v) is 20.5. The van der Waals surface area contributed by atoms with Crippen molar-refractivity contribution in [2.75, 3.05) is 6.61 Å². The van der Waals surface area contributed by atoms with Crippen LogP contribution in [0.5, 0.6) is 5.88 Å². The highest BCUT2D eigenvalue weighted by molar-refractivity contribution is 9.10. The van der Waals surface area contributed by atoms with E-state index in [1.54, 1.807) is 121 Å².